The summed E-state index contributed by atoms with van der Waals surface area (Å²) < 4.78 is 25.2. The summed E-state index contributed by atoms with van der Waals surface area (Å²) in [4.78, 5) is 0. The molecule has 1 aromatic carbocycles. The van der Waals surface area contributed by atoms with Crippen LogP contribution in [0.4, 0.5) is 8.78 Å². The third-order valence-corrected chi connectivity index (χ3v) is 5.32. The molecule has 0 aromatic heterocycles. The molecule has 176 valence electrons. The van der Waals surface area contributed by atoms with Crippen LogP contribution < -0.4 is 5.46 Å². The van der Waals surface area contributed by atoms with Crippen LogP contribution in [0.3, 0.4) is 0 Å². The number of hydrogen-bond acceptors (Lipinski definition) is 2. The van der Waals surface area contributed by atoms with Gasteiger partial charge in [0, 0.05) is 17.1 Å². The van der Waals surface area contributed by atoms with Gasteiger partial charge in [0.25, 0.3) is 0 Å². The second-order valence-corrected chi connectivity index (χ2v) is 9.85. The minimum absolute atomic E-state index is 0.0336. The van der Waals surface area contributed by atoms with Gasteiger partial charge in [-0.25, -0.2) is 8.78 Å². The highest BCUT2D eigenvalue weighted by molar-refractivity contribution is 7.81. The summed E-state index contributed by atoms with van der Waals surface area (Å²) in [5.74, 6) is -2.90. The van der Waals surface area contributed by atoms with E-state index in [1.807, 2.05) is 39.0 Å². The van der Waals surface area contributed by atoms with E-state index in [1.165, 1.54) is 18.9 Å². The summed E-state index contributed by atoms with van der Waals surface area (Å²) >= 11 is 4.19. The van der Waals surface area contributed by atoms with Crippen molar-refractivity contribution in [2.45, 2.75) is 118 Å². The maximum atomic E-state index is 12.7. The Bertz CT molecular complexity index is 511. The van der Waals surface area contributed by atoms with Crippen LogP contribution in [0.25, 0.3) is 0 Å². The van der Waals surface area contributed by atoms with Crippen LogP contribution in [0.15, 0.2) is 24.3 Å². The van der Waals surface area contributed by atoms with Crippen LogP contribution in [-0.4, -0.2) is 29.2 Å². The first kappa shape index (κ1) is 34.1. The third-order valence-electron chi connectivity index (χ3n) is 4.77. The molecule has 1 nitrogen and oxygen atoms in total. The molecule has 1 rings (SSSR count). The zero-order valence-electron chi connectivity index (χ0n) is 21.1. The Morgan fingerprint density at radius 1 is 1.03 bits per heavy atom. The largest absolute Gasteiger partial charge is 0.389 e. The normalized spacial score (nSPS) is 12.3. The summed E-state index contributed by atoms with van der Waals surface area (Å²) in [6.45, 7) is 18.7. The molecule has 0 saturated heterocycles. The van der Waals surface area contributed by atoms with Gasteiger partial charge in [0.05, 0.1) is 5.60 Å². The van der Waals surface area contributed by atoms with Crippen LogP contribution in [0.5, 0.6) is 0 Å². The van der Waals surface area contributed by atoms with Crippen molar-refractivity contribution >= 4 is 25.9 Å². The molecule has 0 amide bonds. The van der Waals surface area contributed by atoms with Crippen LogP contribution in [0, 0.1) is 5.92 Å². The van der Waals surface area contributed by atoms with Crippen LogP contribution in [0.1, 0.15) is 100 Å². The zero-order chi connectivity index (χ0) is 24.6. The monoisotopic (exact) mass is 444 g/mol. The number of hydrogen-bond donors (Lipinski definition) is 2. The van der Waals surface area contributed by atoms with Gasteiger partial charge in [0.1, 0.15) is 7.85 Å². The smallest absolute Gasteiger partial charge is 0.250 e. The second-order valence-electron chi connectivity index (χ2n) is 8.73. The Kier molecular flexibility index (Phi) is 19.4. The molecule has 1 unspecified atom stereocenters. The molecule has 0 aliphatic heterocycles. The summed E-state index contributed by atoms with van der Waals surface area (Å²) in [6, 6.07) is 7.96. The minimum Gasteiger partial charge on any atom is -0.389 e. The van der Waals surface area contributed by atoms with Gasteiger partial charge < -0.3 is 5.11 Å². The molecule has 0 bridgehead atoms. The van der Waals surface area contributed by atoms with E-state index in [1.54, 1.807) is 20.8 Å². The number of rotatable bonds is 6. The number of aryl methyl sites for hydroxylation is 1. The van der Waals surface area contributed by atoms with Gasteiger partial charge in [0.2, 0.25) is 5.92 Å². The van der Waals surface area contributed by atoms with E-state index < -0.39 is 17.4 Å². The number of aliphatic hydroxyl groups is 1. The lowest BCUT2D eigenvalue weighted by atomic mass is 9.94. The summed E-state index contributed by atoms with van der Waals surface area (Å²) in [5.41, 5.74) is 1.46. The van der Waals surface area contributed by atoms with Gasteiger partial charge in [0.15, 0.2) is 0 Å². The maximum absolute atomic E-state index is 12.7. The first-order chi connectivity index (χ1) is 13.5. The molecular formula is C25H47BF2OS. The van der Waals surface area contributed by atoms with E-state index in [4.69, 9.17) is 7.85 Å². The van der Waals surface area contributed by atoms with E-state index in [0.29, 0.717) is 6.42 Å². The molecule has 5 heteroatoms. The fraction of sp³-hybridized carbons (Fsp3) is 0.760. The van der Waals surface area contributed by atoms with Crippen molar-refractivity contribution in [3.8, 4) is 0 Å². The summed E-state index contributed by atoms with van der Waals surface area (Å²) in [6.07, 6.45) is 3.75. The Balaban J connectivity index is -0.000000343. The Labute approximate surface area is 193 Å². The van der Waals surface area contributed by atoms with Crippen molar-refractivity contribution < 1.29 is 13.9 Å². The Morgan fingerprint density at radius 2 is 1.47 bits per heavy atom. The average Bonchev–Trinajstić information content (AvgIpc) is 2.62. The predicted octanol–water partition coefficient (Wildman–Crippen LogP) is 7.39. The van der Waals surface area contributed by atoms with Crippen molar-refractivity contribution in [3.63, 3.8) is 0 Å². The molecular weight excluding hydrogens is 397 g/mol. The average molecular weight is 445 g/mol. The molecule has 0 spiro atoms. The molecule has 30 heavy (non-hydrogen) atoms. The molecule has 0 aliphatic rings. The molecule has 0 heterocycles. The van der Waals surface area contributed by atoms with Gasteiger partial charge in [-0.05, 0) is 46.1 Å². The van der Waals surface area contributed by atoms with E-state index in [2.05, 4.69) is 39.5 Å². The number of halogens is 2. The van der Waals surface area contributed by atoms with Gasteiger partial charge in [-0.1, -0.05) is 84.1 Å². The minimum atomic E-state index is -2.45. The summed E-state index contributed by atoms with van der Waals surface area (Å²) in [5, 5.41) is 9.28. The fourth-order valence-corrected chi connectivity index (χ4v) is 1.81. The number of alkyl halides is 2. The quantitative estimate of drug-likeness (QED) is 0.346. The van der Waals surface area contributed by atoms with Crippen molar-refractivity contribution in [1.82, 2.24) is 0 Å². The molecule has 0 saturated carbocycles. The molecule has 1 atom stereocenters. The third kappa shape index (κ3) is 18.2. The van der Waals surface area contributed by atoms with E-state index >= 15 is 0 Å². The van der Waals surface area contributed by atoms with Crippen LogP contribution >= 0.6 is 12.6 Å². The van der Waals surface area contributed by atoms with E-state index in [0.717, 1.165) is 18.3 Å². The maximum Gasteiger partial charge on any atom is 0.250 e. The number of benzene rings is 1. The lowest BCUT2D eigenvalue weighted by molar-refractivity contribution is -0.0574. The Morgan fingerprint density at radius 3 is 1.70 bits per heavy atom. The van der Waals surface area contributed by atoms with Crippen molar-refractivity contribution in [1.29, 1.82) is 0 Å². The first-order valence-corrected chi connectivity index (χ1v) is 11.6. The predicted molar refractivity (Wildman–Crippen MR) is 136 cm³/mol. The molecule has 2 radical (unpaired) electrons. The SMILES string of the molecule is CC(C)(O)C(C)(C)S.CCC.CCCC(C)C(F)(F)CC.[B]c1cccc(CC)c1. The van der Waals surface area contributed by atoms with Gasteiger partial charge in [-0.15, -0.1) is 0 Å². The zero-order valence-corrected chi connectivity index (χ0v) is 22.0. The van der Waals surface area contributed by atoms with Crippen molar-refractivity contribution in [2.24, 2.45) is 5.92 Å². The Hall–Kier alpha value is -0.545. The van der Waals surface area contributed by atoms with Crippen LogP contribution in [-0.2, 0) is 6.42 Å². The van der Waals surface area contributed by atoms with E-state index in [-0.39, 0.29) is 11.2 Å². The van der Waals surface area contributed by atoms with Crippen LogP contribution in [0.2, 0.25) is 0 Å². The van der Waals surface area contributed by atoms with Gasteiger partial charge in [-0.3, -0.25) is 0 Å². The molecule has 0 aliphatic carbocycles. The second kappa shape index (κ2) is 17.1. The number of thiol groups is 1. The summed E-state index contributed by atoms with van der Waals surface area (Å²) in [7, 11) is 5.53. The molecule has 0 fully saturated rings. The lowest BCUT2D eigenvalue weighted by Crippen LogP contribution is -2.40. The van der Waals surface area contributed by atoms with E-state index in [9.17, 15) is 13.9 Å². The van der Waals surface area contributed by atoms with Gasteiger partial charge >= 0.3 is 0 Å². The van der Waals surface area contributed by atoms with Crippen molar-refractivity contribution in [2.75, 3.05) is 0 Å². The standard InChI is InChI=1S/C8H9B.C8H16F2.C6H14OS.C3H8/c1-2-7-4-3-5-8(9)6-7;1-4-6-7(3)8(9,10)5-2;1-5(2,7)6(3,4)8;1-3-2/h3-6H,2H2,1H3;7H,4-6H2,1-3H3;7-8H,1-4H3;3H2,1-2H3. The molecule has 1 N–H and O–H groups in total. The highest BCUT2D eigenvalue weighted by Crippen LogP contribution is 2.30. The lowest BCUT2D eigenvalue weighted by Gasteiger charge is -2.32. The van der Waals surface area contributed by atoms with Crippen molar-refractivity contribution in [3.05, 3.63) is 29.8 Å². The van der Waals surface area contributed by atoms with Gasteiger partial charge in [-0.2, -0.15) is 12.6 Å². The topological polar surface area (TPSA) is 20.2 Å². The highest BCUT2D eigenvalue weighted by atomic mass is 32.1. The molecule has 1 aromatic rings. The highest BCUT2D eigenvalue weighted by Gasteiger charge is 2.33. The fourth-order valence-electron chi connectivity index (χ4n) is 1.81. The first-order valence-electron chi connectivity index (χ1n) is 11.2.